The molecule has 0 unspecified atom stereocenters. The van der Waals surface area contributed by atoms with E-state index >= 15 is 0 Å². The van der Waals surface area contributed by atoms with Crippen molar-refractivity contribution in [2.75, 3.05) is 17.6 Å². The quantitative estimate of drug-likeness (QED) is 0.328. The molecule has 2 aromatic rings. The van der Waals surface area contributed by atoms with Crippen LogP contribution in [-0.4, -0.2) is 47.7 Å². The molecule has 1 aromatic heterocycles. The number of hydrogen-bond acceptors (Lipinski definition) is 7. The van der Waals surface area contributed by atoms with Gasteiger partial charge in [0.15, 0.2) is 0 Å². The van der Waals surface area contributed by atoms with Gasteiger partial charge in [0, 0.05) is 47.0 Å². The van der Waals surface area contributed by atoms with E-state index in [2.05, 4.69) is 10.6 Å². The van der Waals surface area contributed by atoms with Crippen LogP contribution >= 0.6 is 18.5 Å². The Bertz CT molecular complexity index is 1120. The average Bonchev–Trinajstić information content (AvgIpc) is 3.33. The fourth-order valence-corrected chi connectivity index (χ4v) is 7.92. The third kappa shape index (κ3) is 7.81. The van der Waals surface area contributed by atoms with E-state index in [9.17, 15) is 14.2 Å². The molecule has 0 aliphatic heterocycles. The molecule has 10 heteroatoms. The number of anilines is 1. The number of ether oxygens (including phenoxy) is 2. The van der Waals surface area contributed by atoms with Crippen LogP contribution in [0.25, 0.3) is 10.4 Å². The van der Waals surface area contributed by atoms with Crippen molar-refractivity contribution >= 4 is 41.7 Å². The zero-order valence-corrected chi connectivity index (χ0v) is 24.4. The van der Waals surface area contributed by atoms with Crippen molar-refractivity contribution < 1.29 is 23.6 Å². The normalized spacial score (nSPS) is 18.1. The Morgan fingerprint density at radius 2 is 1.65 bits per heavy atom. The Labute approximate surface area is 224 Å². The Kier molecular flexibility index (Phi) is 10.2. The minimum atomic E-state index is -2.65. The lowest BCUT2D eigenvalue weighted by Crippen LogP contribution is -2.38. The minimum Gasteiger partial charge on any atom is -0.447 e. The van der Waals surface area contributed by atoms with Crippen molar-refractivity contribution in [2.24, 2.45) is 0 Å². The summed E-state index contributed by atoms with van der Waals surface area (Å²) >= 11 is 1.64. The first kappa shape index (κ1) is 29.2. The maximum Gasteiger partial charge on any atom is 0.411 e. The summed E-state index contributed by atoms with van der Waals surface area (Å²) in [5, 5.41) is 7.57. The third-order valence-corrected chi connectivity index (χ3v) is 11.1. The van der Waals surface area contributed by atoms with Crippen LogP contribution in [0.2, 0.25) is 0 Å². The van der Waals surface area contributed by atoms with E-state index in [-0.39, 0.29) is 24.3 Å². The molecule has 204 valence electrons. The predicted molar refractivity (Wildman–Crippen MR) is 151 cm³/mol. The molecule has 3 rings (SSSR count). The number of carbonyl (C=O) groups is 2. The summed E-state index contributed by atoms with van der Waals surface area (Å²) in [7, 11) is -2.65. The van der Waals surface area contributed by atoms with Gasteiger partial charge < -0.3 is 19.4 Å². The van der Waals surface area contributed by atoms with E-state index in [4.69, 9.17) is 14.5 Å². The first-order valence-corrected chi connectivity index (χ1v) is 16.1. The summed E-state index contributed by atoms with van der Waals surface area (Å²) in [6.45, 7) is 11.2. The maximum absolute atomic E-state index is 13.9. The van der Waals surface area contributed by atoms with E-state index in [1.165, 1.54) is 0 Å². The number of rotatable bonds is 9. The highest BCUT2D eigenvalue weighted by molar-refractivity contribution is 7.71. The van der Waals surface area contributed by atoms with Gasteiger partial charge in [0.1, 0.15) is 7.14 Å². The Morgan fingerprint density at radius 1 is 1.03 bits per heavy atom. The summed E-state index contributed by atoms with van der Waals surface area (Å²) in [5.74, 6) is 0.331. The van der Waals surface area contributed by atoms with Gasteiger partial charge in [-0.05, 0) is 65.5 Å². The first-order chi connectivity index (χ1) is 17.5. The number of amides is 2. The molecule has 2 amide bonds. The molecule has 1 fully saturated rings. The lowest BCUT2D eigenvalue weighted by Gasteiger charge is -2.28. The minimum absolute atomic E-state index is 0.121. The third-order valence-electron chi connectivity index (χ3n) is 6.58. The maximum atomic E-state index is 13.9. The van der Waals surface area contributed by atoms with E-state index in [1.54, 1.807) is 25.2 Å². The van der Waals surface area contributed by atoms with Gasteiger partial charge in [-0.25, -0.2) is 14.6 Å². The van der Waals surface area contributed by atoms with Crippen molar-refractivity contribution in [2.45, 2.75) is 91.4 Å². The molecule has 1 aliphatic rings. The van der Waals surface area contributed by atoms with Crippen LogP contribution in [0.5, 0.6) is 0 Å². The monoisotopic (exact) mass is 549 g/mol. The van der Waals surface area contributed by atoms with Crippen LogP contribution in [0.1, 0.15) is 78.2 Å². The smallest absolute Gasteiger partial charge is 0.411 e. The fourth-order valence-electron chi connectivity index (χ4n) is 4.58. The van der Waals surface area contributed by atoms with E-state index in [0.29, 0.717) is 23.9 Å². The lowest BCUT2D eigenvalue weighted by molar-refractivity contribution is 0.109. The Hall–Kier alpha value is -2.38. The summed E-state index contributed by atoms with van der Waals surface area (Å²) < 4.78 is 24.3. The van der Waals surface area contributed by atoms with Crippen molar-refractivity contribution in [3.63, 3.8) is 0 Å². The summed E-state index contributed by atoms with van der Waals surface area (Å²) in [5.41, 5.74) is 1.48. The first-order valence-electron chi connectivity index (χ1n) is 13.2. The molecule has 1 saturated carbocycles. The molecule has 1 aromatic carbocycles. The highest BCUT2D eigenvalue weighted by Gasteiger charge is 2.29. The fraction of sp³-hybridized carbons (Fsp3) is 0.593. The SMILES string of the molecule is CCP(=O)(CC)c1cc(NC(=O)OC(C)C)ccc1-c1cnc(C2CCC(NC(=O)OC(C)C)CC2)s1. The van der Waals surface area contributed by atoms with Crippen LogP contribution in [-0.2, 0) is 14.0 Å². The molecule has 37 heavy (non-hydrogen) atoms. The van der Waals surface area contributed by atoms with Crippen molar-refractivity contribution in [1.82, 2.24) is 10.3 Å². The summed E-state index contributed by atoms with van der Waals surface area (Å²) in [6, 6.07) is 5.70. The Morgan fingerprint density at radius 3 is 2.24 bits per heavy atom. The van der Waals surface area contributed by atoms with Crippen LogP contribution in [0, 0.1) is 0 Å². The molecular weight excluding hydrogens is 509 g/mol. The van der Waals surface area contributed by atoms with Gasteiger partial charge in [0.2, 0.25) is 0 Å². The van der Waals surface area contributed by atoms with Gasteiger partial charge in [-0.1, -0.05) is 19.9 Å². The average molecular weight is 550 g/mol. The standard InChI is InChI=1S/C27H40N3O5PS/c1-7-36(33,8-2)23-15-21(30-27(32)35-18(5)6)13-14-22(23)24-16-28-25(37-24)19-9-11-20(12-10-19)29-26(31)34-17(3)4/h13-20H,7-12H2,1-6H3,(H,29,31)(H,30,32). The number of carbonyl (C=O) groups excluding carboxylic acids is 2. The highest BCUT2D eigenvalue weighted by Crippen LogP contribution is 2.48. The Balaban J connectivity index is 1.78. The molecule has 0 saturated heterocycles. The second kappa shape index (κ2) is 12.9. The number of alkyl carbamates (subject to hydrolysis) is 1. The molecule has 0 atom stereocenters. The number of hydrogen-bond donors (Lipinski definition) is 2. The molecule has 1 heterocycles. The van der Waals surface area contributed by atoms with Gasteiger partial charge in [0.05, 0.1) is 22.1 Å². The topological polar surface area (TPSA) is 107 Å². The number of nitrogens with zero attached hydrogens (tertiary/aromatic N) is 1. The number of thiazole rings is 1. The van der Waals surface area contributed by atoms with Crippen LogP contribution in [0.3, 0.4) is 0 Å². The van der Waals surface area contributed by atoms with Gasteiger partial charge in [-0.2, -0.15) is 0 Å². The van der Waals surface area contributed by atoms with Gasteiger partial charge in [-0.3, -0.25) is 5.32 Å². The highest BCUT2D eigenvalue weighted by atomic mass is 32.1. The van der Waals surface area contributed by atoms with Crippen molar-refractivity contribution in [1.29, 1.82) is 0 Å². The summed E-state index contributed by atoms with van der Waals surface area (Å²) in [4.78, 5) is 29.8. The molecule has 0 spiro atoms. The zero-order valence-electron chi connectivity index (χ0n) is 22.7. The lowest BCUT2D eigenvalue weighted by atomic mass is 9.86. The van der Waals surface area contributed by atoms with Gasteiger partial charge in [-0.15, -0.1) is 11.3 Å². The molecule has 8 nitrogen and oxygen atoms in total. The zero-order chi connectivity index (χ0) is 27.2. The molecule has 0 radical (unpaired) electrons. The summed E-state index contributed by atoms with van der Waals surface area (Å²) in [6.07, 6.45) is 5.35. The van der Waals surface area contributed by atoms with Crippen molar-refractivity contribution in [3.05, 3.63) is 29.4 Å². The molecular formula is C27H40N3O5PS. The van der Waals surface area contributed by atoms with E-state index in [1.807, 2.05) is 52.1 Å². The molecule has 0 bridgehead atoms. The van der Waals surface area contributed by atoms with Crippen LogP contribution in [0.4, 0.5) is 15.3 Å². The van der Waals surface area contributed by atoms with Crippen LogP contribution < -0.4 is 15.9 Å². The molecule has 2 N–H and O–H groups in total. The second-order valence-electron chi connectivity index (χ2n) is 10.0. The number of nitrogens with one attached hydrogen (secondary N) is 2. The largest absolute Gasteiger partial charge is 0.447 e. The number of aromatic nitrogens is 1. The van der Waals surface area contributed by atoms with E-state index in [0.717, 1.165) is 46.4 Å². The number of benzene rings is 1. The second-order valence-corrected chi connectivity index (χ2v) is 14.6. The van der Waals surface area contributed by atoms with Gasteiger partial charge in [0.25, 0.3) is 0 Å². The van der Waals surface area contributed by atoms with Gasteiger partial charge >= 0.3 is 12.2 Å². The van der Waals surface area contributed by atoms with E-state index < -0.39 is 13.2 Å². The van der Waals surface area contributed by atoms with Crippen LogP contribution in [0.15, 0.2) is 24.4 Å². The molecule has 1 aliphatic carbocycles. The predicted octanol–water partition coefficient (Wildman–Crippen LogP) is 6.96. The van der Waals surface area contributed by atoms with Crippen molar-refractivity contribution in [3.8, 4) is 10.4 Å².